The molecule has 3 heteroatoms. The maximum absolute atomic E-state index is 4.01. The highest BCUT2D eigenvalue weighted by atomic mass is 15.1. The summed E-state index contributed by atoms with van der Waals surface area (Å²) in [6.45, 7) is 6.53. The molecule has 1 N–H and O–H groups in total. The average molecular weight is 175 g/mol. The summed E-state index contributed by atoms with van der Waals surface area (Å²) in [5.74, 6) is 0. The van der Waals surface area contributed by atoms with Crippen molar-refractivity contribution in [1.82, 2.24) is 15.2 Å². The van der Waals surface area contributed by atoms with E-state index in [0.29, 0.717) is 0 Å². The Labute approximate surface area is 77.2 Å². The number of hydrogen-bond donors (Lipinski definition) is 1. The van der Waals surface area contributed by atoms with Crippen LogP contribution in [0.2, 0.25) is 0 Å². The summed E-state index contributed by atoms with van der Waals surface area (Å²) in [4.78, 5) is 3.06. The first-order valence-electron chi connectivity index (χ1n) is 4.38. The van der Waals surface area contributed by atoms with Crippen molar-refractivity contribution in [2.45, 2.75) is 26.2 Å². The maximum Gasteiger partial charge on any atom is 0.160 e. The Bertz CT molecular complexity index is 423. The monoisotopic (exact) mass is 175 g/mol. The predicted octanol–water partition coefficient (Wildman–Crippen LogP) is 2.26. The van der Waals surface area contributed by atoms with Crippen molar-refractivity contribution in [3.63, 3.8) is 0 Å². The number of hydrogen-bond acceptors (Lipinski definition) is 2. The Morgan fingerprint density at radius 2 is 2.08 bits per heavy atom. The maximum atomic E-state index is 4.01. The Morgan fingerprint density at radius 3 is 2.77 bits per heavy atom. The van der Waals surface area contributed by atoms with Crippen LogP contribution in [-0.4, -0.2) is 15.2 Å². The second kappa shape index (κ2) is 2.55. The van der Waals surface area contributed by atoms with Gasteiger partial charge in [-0.3, -0.25) is 0 Å². The van der Waals surface area contributed by atoms with Crippen molar-refractivity contribution in [2.75, 3.05) is 0 Å². The topological polar surface area (TPSA) is 41.6 Å². The Morgan fingerprint density at radius 1 is 1.31 bits per heavy atom. The van der Waals surface area contributed by atoms with Gasteiger partial charge in [-0.2, -0.15) is 5.10 Å². The third kappa shape index (κ3) is 1.30. The molecule has 13 heavy (non-hydrogen) atoms. The molecule has 2 heterocycles. The van der Waals surface area contributed by atoms with Gasteiger partial charge < -0.3 is 4.98 Å². The first-order chi connectivity index (χ1) is 6.09. The molecule has 0 radical (unpaired) electrons. The first-order valence-corrected chi connectivity index (χ1v) is 4.38. The zero-order valence-electron chi connectivity index (χ0n) is 8.13. The molecule has 0 amide bonds. The molecule has 0 bridgehead atoms. The number of rotatable bonds is 0. The molecular weight excluding hydrogens is 162 g/mol. The lowest BCUT2D eigenvalue weighted by molar-refractivity contribution is 0.591. The molecule has 0 saturated carbocycles. The van der Waals surface area contributed by atoms with Crippen LogP contribution in [-0.2, 0) is 5.41 Å². The van der Waals surface area contributed by atoms with Crippen molar-refractivity contribution in [1.29, 1.82) is 0 Å². The molecule has 0 fully saturated rings. The molecule has 2 aromatic heterocycles. The van der Waals surface area contributed by atoms with Crippen molar-refractivity contribution < 1.29 is 0 Å². The molecular formula is C10H13N3. The van der Waals surface area contributed by atoms with Gasteiger partial charge in [0.2, 0.25) is 0 Å². The Balaban J connectivity index is 2.75. The van der Waals surface area contributed by atoms with Crippen LogP contribution < -0.4 is 0 Å². The van der Waals surface area contributed by atoms with Gasteiger partial charge >= 0.3 is 0 Å². The minimum absolute atomic E-state index is 0.121. The highest BCUT2D eigenvalue weighted by Crippen LogP contribution is 2.27. The molecule has 0 unspecified atom stereocenters. The molecule has 0 saturated heterocycles. The van der Waals surface area contributed by atoms with E-state index in [-0.39, 0.29) is 5.41 Å². The van der Waals surface area contributed by atoms with E-state index in [0.717, 1.165) is 5.65 Å². The molecule has 68 valence electrons. The lowest BCUT2D eigenvalue weighted by Crippen LogP contribution is -2.12. The van der Waals surface area contributed by atoms with Crippen molar-refractivity contribution in [3.8, 4) is 0 Å². The van der Waals surface area contributed by atoms with Crippen LogP contribution in [0.15, 0.2) is 18.5 Å². The molecule has 0 aliphatic rings. The molecule has 0 atom stereocenters. The number of nitrogens with one attached hydrogen (secondary N) is 1. The summed E-state index contributed by atoms with van der Waals surface area (Å²) in [5, 5.41) is 9.15. The van der Waals surface area contributed by atoms with Gasteiger partial charge in [-0.15, -0.1) is 5.10 Å². The second-order valence-corrected chi connectivity index (χ2v) is 4.25. The standard InChI is InChI=1S/C10H13N3/c1-10(2,3)8-6-12-13-9-7(8)4-5-11-9/h4-6H,1-3H3,(H,11,13). The summed E-state index contributed by atoms with van der Waals surface area (Å²) in [6, 6.07) is 2.05. The fraction of sp³-hybridized carbons (Fsp3) is 0.400. The molecule has 0 aromatic carbocycles. The number of aromatic amines is 1. The summed E-state index contributed by atoms with van der Waals surface area (Å²) in [7, 11) is 0. The first kappa shape index (κ1) is 8.23. The molecule has 0 aliphatic heterocycles. The SMILES string of the molecule is CC(C)(C)c1cnnc2[nH]ccc12. The summed E-state index contributed by atoms with van der Waals surface area (Å²) in [6.07, 6.45) is 3.74. The average Bonchev–Trinajstić information content (AvgIpc) is 2.48. The minimum Gasteiger partial charge on any atom is -0.345 e. The normalized spacial score (nSPS) is 12.2. The van der Waals surface area contributed by atoms with Gasteiger partial charge in [0.15, 0.2) is 5.65 Å². The van der Waals surface area contributed by atoms with E-state index in [1.54, 1.807) is 0 Å². The van der Waals surface area contributed by atoms with Crippen molar-refractivity contribution in [3.05, 3.63) is 24.0 Å². The van der Waals surface area contributed by atoms with Crippen molar-refractivity contribution in [2.24, 2.45) is 0 Å². The third-order valence-corrected chi connectivity index (χ3v) is 2.17. The zero-order chi connectivity index (χ0) is 9.47. The van der Waals surface area contributed by atoms with Crippen LogP contribution in [0.3, 0.4) is 0 Å². The van der Waals surface area contributed by atoms with E-state index in [2.05, 4.69) is 36.0 Å². The van der Waals surface area contributed by atoms with E-state index < -0.39 is 0 Å². The van der Waals surface area contributed by atoms with Gasteiger partial charge in [0.25, 0.3) is 0 Å². The largest absolute Gasteiger partial charge is 0.345 e. The predicted molar refractivity (Wildman–Crippen MR) is 52.6 cm³/mol. The quantitative estimate of drug-likeness (QED) is 0.667. The van der Waals surface area contributed by atoms with Crippen LogP contribution in [0.5, 0.6) is 0 Å². The fourth-order valence-corrected chi connectivity index (χ4v) is 1.47. The summed E-state index contributed by atoms with van der Waals surface area (Å²) >= 11 is 0. The summed E-state index contributed by atoms with van der Waals surface area (Å²) in [5.41, 5.74) is 2.22. The lowest BCUT2D eigenvalue weighted by atomic mass is 9.87. The van der Waals surface area contributed by atoms with E-state index in [1.165, 1.54) is 10.9 Å². The van der Waals surface area contributed by atoms with Crippen LogP contribution in [0.25, 0.3) is 11.0 Å². The van der Waals surface area contributed by atoms with Crippen LogP contribution >= 0.6 is 0 Å². The Kier molecular flexibility index (Phi) is 1.62. The zero-order valence-corrected chi connectivity index (χ0v) is 8.13. The van der Waals surface area contributed by atoms with E-state index in [1.807, 2.05) is 18.5 Å². The molecule has 0 spiro atoms. The number of fused-ring (bicyclic) bond motifs is 1. The second-order valence-electron chi connectivity index (χ2n) is 4.25. The van der Waals surface area contributed by atoms with E-state index in [4.69, 9.17) is 0 Å². The smallest absolute Gasteiger partial charge is 0.160 e. The van der Waals surface area contributed by atoms with Crippen molar-refractivity contribution >= 4 is 11.0 Å². The minimum atomic E-state index is 0.121. The highest BCUT2D eigenvalue weighted by Gasteiger charge is 2.17. The number of H-pyrrole nitrogens is 1. The highest BCUT2D eigenvalue weighted by molar-refractivity contribution is 5.79. The lowest BCUT2D eigenvalue weighted by Gasteiger charge is -2.18. The van der Waals surface area contributed by atoms with Gasteiger partial charge in [0.05, 0.1) is 6.20 Å². The molecule has 3 nitrogen and oxygen atoms in total. The molecule has 0 aliphatic carbocycles. The Hall–Kier alpha value is -1.38. The van der Waals surface area contributed by atoms with E-state index >= 15 is 0 Å². The summed E-state index contributed by atoms with van der Waals surface area (Å²) < 4.78 is 0. The number of nitrogens with zero attached hydrogens (tertiary/aromatic N) is 2. The fourth-order valence-electron chi connectivity index (χ4n) is 1.47. The molecule has 2 rings (SSSR count). The van der Waals surface area contributed by atoms with Crippen LogP contribution in [0.4, 0.5) is 0 Å². The van der Waals surface area contributed by atoms with Gasteiger partial charge in [-0.1, -0.05) is 20.8 Å². The third-order valence-electron chi connectivity index (χ3n) is 2.17. The van der Waals surface area contributed by atoms with Gasteiger partial charge in [-0.05, 0) is 17.0 Å². The van der Waals surface area contributed by atoms with Gasteiger partial charge in [0, 0.05) is 11.6 Å². The van der Waals surface area contributed by atoms with Crippen LogP contribution in [0, 0.1) is 0 Å². The van der Waals surface area contributed by atoms with Crippen LogP contribution in [0.1, 0.15) is 26.3 Å². The molecule has 2 aromatic rings. The van der Waals surface area contributed by atoms with Gasteiger partial charge in [-0.25, -0.2) is 0 Å². The number of aromatic nitrogens is 3. The van der Waals surface area contributed by atoms with E-state index in [9.17, 15) is 0 Å². The van der Waals surface area contributed by atoms with Gasteiger partial charge in [0.1, 0.15) is 0 Å².